The average Bonchev–Trinajstić information content (AvgIpc) is 3.70. The van der Waals surface area contributed by atoms with Crippen LogP contribution in [-0.4, -0.2) is 74.2 Å². The first-order chi connectivity index (χ1) is 17.8. The van der Waals surface area contributed by atoms with E-state index in [1.165, 1.54) is 19.2 Å². The van der Waals surface area contributed by atoms with Gasteiger partial charge in [-0.15, -0.1) is 0 Å². The van der Waals surface area contributed by atoms with Crippen molar-refractivity contribution >= 4 is 40.4 Å². The summed E-state index contributed by atoms with van der Waals surface area (Å²) in [5, 5.41) is 15.7. The van der Waals surface area contributed by atoms with Crippen LogP contribution in [0.3, 0.4) is 0 Å². The first-order valence-corrected chi connectivity index (χ1v) is 13.6. The third kappa shape index (κ3) is 7.99. The lowest BCUT2D eigenvalue weighted by Crippen LogP contribution is -2.49. The van der Waals surface area contributed by atoms with Crippen molar-refractivity contribution in [2.75, 3.05) is 18.4 Å². The SMILES string of the molecule is CC(=NC(C(=O)N1CCCC[C@@H]1C)C(=S)c1cnc(NC(C)C2CC2)cc1C(F)F)C(=O)NCC(C)(C)O. The number of aromatic nitrogens is 1. The highest BCUT2D eigenvalue weighted by Crippen LogP contribution is 2.34. The highest BCUT2D eigenvalue weighted by atomic mass is 32.1. The van der Waals surface area contributed by atoms with Gasteiger partial charge < -0.3 is 20.6 Å². The first kappa shape index (κ1) is 30.0. The maximum Gasteiger partial charge on any atom is 0.265 e. The van der Waals surface area contributed by atoms with Gasteiger partial charge in [0.15, 0.2) is 6.04 Å². The predicted octanol–water partition coefficient (Wildman–Crippen LogP) is 4.07. The highest BCUT2D eigenvalue weighted by molar-refractivity contribution is 7.81. The van der Waals surface area contributed by atoms with Crippen molar-refractivity contribution in [3.8, 4) is 0 Å². The Kier molecular flexibility index (Phi) is 9.91. The molecule has 38 heavy (non-hydrogen) atoms. The Morgan fingerprint density at radius 2 is 1.97 bits per heavy atom. The molecule has 11 heteroatoms. The monoisotopic (exact) mass is 551 g/mol. The van der Waals surface area contributed by atoms with Crippen LogP contribution in [0, 0.1) is 5.92 Å². The zero-order valence-electron chi connectivity index (χ0n) is 22.8. The summed E-state index contributed by atoms with van der Waals surface area (Å²) >= 11 is 5.62. The van der Waals surface area contributed by atoms with E-state index in [1.54, 1.807) is 18.7 Å². The second-order valence-electron chi connectivity index (χ2n) is 11.1. The summed E-state index contributed by atoms with van der Waals surface area (Å²) in [5.41, 5.74) is -1.55. The second-order valence-corrected chi connectivity index (χ2v) is 11.5. The fraction of sp³-hybridized carbons (Fsp3) is 0.667. The Morgan fingerprint density at radius 1 is 1.29 bits per heavy atom. The molecule has 0 radical (unpaired) electrons. The molecule has 2 heterocycles. The van der Waals surface area contributed by atoms with E-state index in [4.69, 9.17) is 12.2 Å². The van der Waals surface area contributed by atoms with Crippen LogP contribution in [0.15, 0.2) is 17.3 Å². The largest absolute Gasteiger partial charge is 0.389 e. The average molecular weight is 552 g/mol. The molecular weight excluding hydrogens is 512 g/mol. The number of anilines is 1. The fourth-order valence-corrected chi connectivity index (χ4v) is 4.84. The Morgan fingerprint density at radius 3 is 2.55 bits per heavy atom. The molecule has 3 atom stereocenters. The zero-order chi connectivity index (χ0) is 28.2. The Balaban J connectivity index is 1.95. The van der Waals surface area contributed by atoms with Gasteiger partial charge in [0, 0.05) is 42.5 Å². The molecule has 1 aromatic heterocycles. The van der Waals surface area contributed by atoms with Crippen LogP contribution in [-0.2, 0) is 9.59 Å². The van der Waals surface area contributed by atoms with Crippen molar-refractivity contribution in [1.29, 1.82) is 0 Å². The molecule has 3 rings (SSSR count). The number of alkyl halides is 2. The van der Waals surface area contributed by atoms with E-state index in [0.29, 0.717) is 18.3 Å². The Bertz CT molecular complexity index is 1070. The first-order valence-electron chi connectivity index (χ1n) is 13.2. The topological polar surface area (TPSA) is 107 Å². The molecule has 2 aliphatic rings. The molecule has 1 aromatic rings. The number of halogens is 2. The lowest BCUT2D eigenvalue weighted by molar-refractivity contribution is -0.134. The van der Waals surface area contributed by atoms with Crippen LogP contribution in [0.25, 0.3) is 0 Å². The molecule has 2 amide bonds. The number of piperidine rings is 1. The minimum atomic E-state index is -2.85. The van der Waals surface area contributed by atoms with E-state index in [9.17, 15) is 23.5 Å². The van der Waals surface area contributed by atoms with E-state index in [-0.39, 0.29) is 40.3 Å². The van der Waals surface area contributed by atoms with Crippen LogP contribution in [0.1, 0.15) is 84.3 Å². The van der Waals surface area contributed by atoms with Gasteiger partial charge in [-0.25, -0.2) is 13.8 Å². The van der Waals surface area contributed by atoms with Crippen LogP contribution in [0.5, 0.6) is 0 Å². The predicted molar refractivity (Wildman–Crippen MR) is 148 cm³/mol. The fourth-order valence-electron chi connectivity index (χ4n) is 4.52. The van der Waals surface area contributed by atoms with Gasteiger partial charge in [0.1, 0.15) is 5.82 Å². The number of carbonyl (C=O) groups is 2. The molecule has 2 unspecified atom stereocenters. The van der Waals surface area contributed by atoms with Crippen molar-refractivity contribution in [1.82, 2.24) is 15.2 Å². The number of aliphatic imine (C=N–C) groups is 1. The maximum absolute atomic E-state index is 14.2. The van der Waals surface area contributed by atoms with Gasteiger partial charge in [-0.3, -0.25) is 14.6 Å². The summed E-state index contributed by atoms with van der Waals surface area (Å²) in [6, 6.07) is -0.0235. The lowest BCUT2D eigenvalue weighted by atomic mass is 9.98. The van der Waals surface area contributed by atoms with E-state index in [2.05, 4.69) is 20.6 Å². The van der Waals surface area contributed by atoms with E-state index < -0.39 is 29.9 Å². The quantitative estimate of drug-likeness (QED) is 0.218. The molecule has 0 bridgehead atoms. The summed E-state index contributed by atoms with van der Waals surface area (Å²) in [7, 11) is 0. The molecule has 1 aliphatic heterocycles. The number of rotatable bonds is 11. The summed E-state index contributed by atoms with van der Waals surface area (Å²) in [6.45, 7) is 8.91. The number of thiocarbonyl (C=S) groups is 1. The van der Waals surface area contributed by atoms with Crippen molar-refractivity contribution < 1.29 is 23.5 Å². The maximum atomic E-state index is 14.2. The number of aliphatic hydroxyl groups is 1. The molecule has 1 saturated carbocycles. The number of nitrogens with one attached hydrogen (secondary N) is 2. The van der Waals surface area contributed by atoms with Gasteiger partial charge in [-0.1, -0.05) is 12.2 Å². The van der Waals surface area contributed by atoms with Crippen molar-refractivity contribution in [3.05, 3.63) is 23.4 Å². The highest BCUT2D eigenvalue weighted by Gasteiger charge is 2.35. The minimum Gasteiger partial charge on any atom is -0.389 e. The van der Waals surface area contributed by atoms with Gasteiger partial charge in [0.2, 0.25) is 0 Å². The number of likely N-dealkylation sites (tertiary alicyclic amines) is 1. The van der Waals surface area contributed by atoms with Crippen LogP contribution < -0.4 is 10.6 Å². The molecular formula is C27H39F2N5O3S. The zero-order valence-corrected chi connectivity index (χ0v) is 23.6. The van der Waals surface area contributed by atoms with E-state index in [0.717, 1.165) is 32.1 Å². The molecule has 210 valence electrons. The number of nitrogens with zero attached hydrogens (tertiary/aromatic N) is 3. The normalized spacial score (nSPS) is 20.2. The number of hydrogen-bond acceptors (Lipinski definition) is 7. The van der Waals surface area contributed by atoms with Gasteiger partial charge >= 0.3 is 0 Å². The minimum absolute atomic E-state index is 0.0297. The molecule has 2 fully saturated rings. The number of amides is 2. The van der Waals surface area contributed by atoms with E-state index >= 15 is 0 Å². The molecule has 1 saturated heterocycles. The van der Waals surface area contributed by atoms with Gasteiger partial charge in [0.25, 0.3) is 18.2 Å². The number of carbonyl (C=O) groups excluding carboxylic acids is 2. The summed E-state index contributed by atoms with van der Waals surface area (Å²) in [6.07, 6.45) is 3.21. The van der Waals surface area contributed by atoms with Gasteiger partial charge in [-0.2, -0.15) is 0 Å². The smallest absolute Gasteiger partial charge is 0.265 e. The Hall–Kier alpha value is -2.53. The third-order valence-electron chi connectivity index (χ3n) is 7.04. The van der Waals surface area contributed by atoms with Crippen LogP contribution in [0.4, 0.5) is 14.6 Å². The molecule has 0 spiro atoms. The summed E-state index contributed by atoms with van der Waals surface area (Å²) in [5.74, 6) is -0.188. The van der Waals surface area contributed by atoms with Crippen molar-refractivity contribution in [3.63, 3.8) is 0 Å². The summed E-state index contributed by atoms with van der Waals surface area (Å²) < 4.78 is 28.5. The molecule has 0 aromatic carbocycles. The standard InChI is InChI=1S/C27H39F2N5O3S/c1-15-8-6-7-11-34(15)26(36)22(33-17(3)25(35)31-14-27(4,5)37)23(38)20-13-30-21(12-19(20)24(28)29)32-16(2)18-9-10-18/h12-13,15-16,18,22,24,37H,6-11,14H2,1-5H3,(H,30,32)(H,31,35)/t15-,16?,22?/m0/s1. The van der Waals surface area contributed by atoms with Crippen molar-refractivity contribution in [2.45, 2.75) is 96.9 Å². The molecule has 1 aliphatic carbocycles. The number of pyridine rings is 1. The van der Waals surface area contributed by atoms with Crippen LogP contribution >= 0.6 is 12.2 Å². The van der Waals surface area contributed by atoms with Gasteiger partial charge in [-0.05, 0) is 78.7 Å². The second kappa shape index (κ2) is 12.5. The van der Waals surface area contributed by atoms with Gasteiger partial charge in [0.05, 0.1) is 16.2 Å². The third-order valence-corrected chi connectivity index (χ3v) is 7.49. The molecule has 3 N–H and O–H groups in total. The summed E-state index contributed by atoms with van der Waals surface area (Å²) in [4.78, 5) is 36.6. The molecule has 8 nitrogen and oxygen atoms in total. The number of hydrogen-bond donors (Lipinski definition) is 3. The van der Waals surface area contributed by atoms with Crippen LogP contribution in [0.2, 0.25) is 0 Å². The van der Waals surface area contributed by atoms with E-state index in [1.807, 2.05) is 13.8 Å². The van der Waals surface area contributed by atoms with Crippen molar-refractivity contribution in [2.24, 2.45) is 10.9 Å². The lowest BCUT2D eigenvalue weighted by Gasteiger charge is -2.35. The Labute approximate surface area is 228 Å².